The molecule has 0 saturated carbocycles. The summed E-state index contributed by atoms with van der Waals surface area (Å²) in [5.41, 5.74) is 6.23. The molecule has 2 aromatic heterocycles. The third kappa shape index (κ3) is 3.06. The van der Waals surface area contributed by atoms with E-state index in [1.54, 1.807) is 11.8 Å². The summed E-state index contributed by atoms with van der Waals surface area (Å²) in [6.07, 6.45) is 0. The molecule has 2 heterocycles. The van der Waals surface area contributed by atoms with E-state index in [1.807, 2.05) is 23.6 Å². The number of rotatable bonds is 5. The summed E-state index contributed by atoms with van der Waals surface area (Å²) >= 11 is 3.16. The van der Waals surface area contributed by atoms with Gasteiger partial charge >= 0.3 is 0 Å². The molecule has 0 bridgehead atoms. The van der Waals surface area contributed by atoms with Gasteiger partial charge in [0.25, 0.3) is 5.89 Å². The zero-order chi connectivity index (χ0) is 13.8. The van der Waals surface area contributed by atoms with Gasteiger partial charge in [0.05, 0.1) is 5.75 Å². The highest BCUT2D eigenvalue weighted by Gasteiger charge is 2.12. The minimum Gasteiger partial charge on any atom is -0.332 e. The zero-order valence-electron chi connectivity index (χ0n) is 10.5. The zero-order valence-corrected chi connectivity index (χ0v) is 12.2. The van der Waals surface area contributed by atoms with Gasteiger partial charge in [-0.2, -0.15) is 4.98 Å². The van der Waals surface area contributed by atoms with Crippen molar-refractivity contribution in [1.82, 2.24) is 15.1 Å². The SMILES string of the molecule is NCc1nc(-c2nc(CSc3ccccc3)no2)cs1. The van der Waals surface area contributed by atoms with Crippen LogP contribution in [0.4, 0.5) is 0 Å². The number of hydrogen-bond acceptors (Lipinski definition) is 7. The Hall–Kier alpha value is -1.70. The van der Waals surface area contributed by atoms with Crippen molar-refractivity contribution in [3.63, 3.8) is 0 Å². The fraction of sp³-hybridized carbons (Fsp3) is 0.154. The molecule has 3 aromatic rings. The number of nitrogens with two attached hydrogens (primary N) is 1. The quantitative estimate of drug-likeness (QED) is 0.730. The molecule has 5 nitrogen and oxygen atoms in total. The first kappa shape index (κ1) is 13.3. The molecule has 1 aromatic carbocycles. The highest BCUT2D eigenvalue weighted by molar-refractivity contribution is 7.98. The lowest BCUT2D eigenvalue weighted by molar-refractivity contribution is 0.424. The second kappa shape index (κ2) is 6.17. The maximum absolute atomic E-state index is 5.54. The molecule has 0 aliphatic carbocycles. The molecule has 0 unspecified atom stereocenters. The van der Waals surface area contributed by atoms with Crippen molar-refractivity contribution in [3.8, 4) is 11.6 Å². The van der Waals surface area contributed by atoms with Gasteiger partial charge in [-0.3, -0.25) is 0 Å². The van der Waals surface area contributed by atoms with Crippen molar-refractivity contribution < 1.29 is 4.52 Å². The summed E-state index contributed by atoms with van der Waals surface area (Å²) in [5.74, 6) is 1.78. The molecule has 102 valence electrons. The van der Waals surface area contributed by atoms with E-state index < -0.39 is 0 Å². The Labute approximate surface area is 124 Å². The summed E-state index contributed by atoms with van der Waals surface area (Å²) < 4.78 is 5.23. The van der Waals surface area contributed by atoms with Gasteiger partial charge in [-0.05, 0) is 12.1 Å². The van der Waals surface area contributed by atoms with Crippen LogP contribution in [0.2, 0.25) is 0 Å². The molecular formula is C13H12N4OS2. The molecule has 0 spiro atoms. The lowest BCUT2D eigenvalue weighted by Gasteiger charge is -1.96. The van der Waals surface area contributed by atoms with Crippen LogP contribution in [0.1, 0.15) is 10.8 Å². The molecular weight excluding hydrogens is 292 g/mol. The first-order chi connectivity index (χ1) is 9.85. The molecule has 0 atom stereocenters. The lowest BCUT2D eigenvalue weighted by atomic mass is 10.4. The summed E-state index contributed by atoms with van der Waals surface area (Å²) in [7, 11) is 0. The Morgan fingerprint density at radius 2 is 2.05 bits per heavy atom. The fourth-order valence-corrected chi connectivity index (χ4v) is 3.00. The Bertz CT molecular complexity index is 681. The number of thiazole rings is 1. The Morgan fingerprint density at radius 3 is 2.80 bits per heavy atom. The Morgan fingerprint density at radius 1 is 1.20 bits per heavy atom. The highest BCUT2D eigenvalue weighted by Crippen LogP contribution is 2.24. The van der Waals surface area contributed by atoms with Crippen molar-refractivity contribution in [1.29, 1.82) is 0 Å². The van der Waals surface area contributed by atoms with Crippen molar-refractivity contribution in [2.24, 2.45) is 5.73 Å². The van der Waals surface area contributed by atoms with E-state index in [0.29, 0.717) is 29.7 Å². The van der Waals surface area contributed by atoms with Crippen LogP contribution in [0.15, 0.2) is 45.1 Å². The Kier molecular flexibility index (Phi) is 4.10. The number of benzene rings is 1. The van der Waals surface area contributed by atoms with Crippen LogP contribution in [0.25, 0.3) is 11.6 Å². The molecule has 0 fully saturated rings. The van der Waals surface area contributed by atoms with E-state index in [-0.39, 0.29) is 0 Å². The summed E-state index contributed by atoms with van der Waals surface area (Å²) in [6.45, 7) is 0.426. The van der Waals surface area contributed by atoms with Crippen LogP contribution in [-0.2, 0) is 12.3 Å². The minimum absolute atomic E-state index is 0.426. The normalized spacial score (nSPS) is 10.8. The van der Waals surface area contributed by atoms with Crippen molar-refractivity contribution >= 4 is 23.1 Å². The highest BCUT2D eigenvalue weighted by atomic mass is 32.2. The van der Waals surface area contributed by atoms with Crippen LogP contribution in [0.5, 0.6) is 0 Å². The molecule has 2 N–H and O–H groups in total. The number of nitrogens with zero attached hydrogens (tertiary/aromatic N) is 3. The molecule has 20 heavy (non-hydrogen) atoms. The predicted octanol–water partition coefficient (Wildman–Crippen LogP) is 2.94. The van der Waals surface area contributed by atoms with Crippen LogP contribution < -0.4 is 5.73 Å². The molecule has 0 aliphatic heterocycles. The van der Waals surface area contributed by atoms with E-state index in [2.05, 4.69) is 27.3 Å². The van der Waals surface area contributed by atoms with Gasteiger partial charge in [0, 0.05) is 16.8 Å². The predicted molar refractivity (Wildman–Crippen MR) is 79.3 cm³/mol. The van der Waals surface area contributed by atoms with Gasteiger partial charge in [-0.15, -0.1) is 23.1 Å². The van der Waals surface area contributed by atoms with Gasteiger partial charge in [0.2, 0.25) is 0 Å². The van der Waals surface area contributed by atoms with Crippen molar-refractivity contribution in [2.75, 3.05) is 0 Å². The first-order valence-electron chi connectivity index (χ1n) is 6.00. The van der Waals surface area contributed by atoms with E-state index >= 15 is 0 Å². The maximum Gasteiger partial charge on any atom is 0.277 e. The molecule has 3 rings (SSSR count). The van der Waals surface area contributed by atoms with Crippen LogP contribution in [0.3, 0.4) is 0 Å². The molecule has 0 saturated heterocycles. The number of aromatic nitrogens is 3. The minimum atomic E-state index is 0.426. The number of thioether (sulfide) groups is 1. The average molecular weight is 304 g/mol. The van der Waals surface area contributed by atoms with Gasteiger partial charge in [0.1, 0.15) is 10.7 Å². The smallest absolute Gasteiger partial charge is 0.277 e. The molecule has 0 amide bonds. The summed E-state index contributed by atoms with van der Waals surface area (Å²) in [4.78, 5) is 9.85. The van der Waals surface area contributed by atoms with E-state index in [9.17, 15) is 0 Å². The maximum atomic E-state index is 5.54. The molecule has 0 aliphatic rings. The largest absolute Gasteiger partial charge is 0.332 e. The van der Waals surface area contributed by atoms with Crippen molar-refractivity contribution in [3.05, 3.63) is 46.5 Å². The second-order valence-electron chi connectivity index (χ2n) is 3.95. The molecule has 0 radical (unpaired) electrons. The van der Waals surface area contributed by atoms with Gasteiger partial charge in [-0.1, -0.05) is 23.4 Å². The van der Waals surface area contributed by atoms with Crippen LogP contribution in [0, 0.1) is 0 Å². The van der Waals surface area contributed by atoms with Crippen molar-refractivity contribution in [2.45, 2.75) is 17.2 Å². The monoisotopic (exact) mass is 304 g/mol. The summed E-state index contributed by atoms with van der Waals surface area (Å²) in [5, 5.41) is 6.71. The number of hydrogen-bond donors (Lipinski definition) is 1. The lowest BCUT2D eigenvalue weighted by Crippen LogP contribution is -1.94. The van der Waals surface area contributed by atoms with Gasteiger partial charge in [0.15, 0.2) is 5.82 Å². The van der Waals surface area contributed by atoms with Crippen LogP contribution >= 0.6 is 23.1 Å². The van der Waals surface area contributed by atoms with Gasteiger partial charge in [-0.25, -0.2) is 4.98 Å². The topological polar surface area (TPSA) is 77.8 Å². The summed E-state index contributed by atoms with van der Waals surface area (Å²) in [6, 6.07) is 10.1. The first-order valence-corrected chi connectivity index (χ1v) is 7.87. The van der Waals surface area contributed by atoms with E-state index in [1.165, 1.54) is 16.2 Å². The van der Waals surface area contributed by atoms with Crippen LogP contribution in [-0.4, -0.2) is 15.1 Å². The van der Waals surface area contributed by atoms with E-state index in [0.717, 1.165) is 5.01 Å². The average Bonchev–Trinajstić information content (AvgIpc) is 3.15. The second-order valence-corrected chi connectivity index (χ2v) is 5.94. The fourth-order valence-electron chi connectivity index (χ4n) is 1.58. The third-order valence-electron chi connectivity index (χ3n) is 2.52. The standard InChI is InChI=1S/C13H12N4OS2/c14-6-12-15-10(7-20-12)13-16-11(17-18-13)8-19-9-4-2-1-3-5-9/h1-5,7H,6,8,14H2. The molecule has 7 heteroatoms. The van der Waals surface area contributed by atoms with E-state index in [4.69, 9.17) is 10.3 Å². The van der Waals surface area contributed by atoms with Gasteiger partial charge < -0.3 is 10.3 Å². The Balaban J connectivity index is 1.67. The third-order valence-corrected chi connectivity index (χ3v) is 4.40.